The molecule has 0 aliphatic carbocycles. The lowest BCUT2D eigenvalue weighted by Crippen LogP contribution is -2.31. The molecule has 0 aliphatic heterocycles. The van der Waals surface area contributed by atoms with Gasteiger partial charge in [-0.25, -0.2) is 0 Å². The maximum Gasteiger partial charge on any atom is 0.268 e. The van der Waals surface area contributed by atoms with E-state index in [1.807, 2.05) is 25.1 Å². The van der Waals surface area contributed by atoms with E-state index in [1.54, 1.807) is 12.3 Å². The Hall–Kier alpha value is -2.27. The van der Waals surface area contributed by atoms with Crippen molar-refractivity contribution < 1.29 is 5.11 Å². The first kappa shape index (κ1) is 11.8. The summed E-state index contributed by atoms with van der Waals surface area (Å²) in [5.74, 6) is -0.435. The van der Waals surface area contributed by atoms with Gasteiger partial charge in [0.15, 0.2) is 5.75 Å². The highest BCUT2D eigenvalue weighted by molar-refractivity contribution is 7.18. The zero-order valence-corrected chi connectivity index (χ0v) is 10.8. The molecule has 0 aliphatic rings. The molecule has 4 nitrogen and oxygen atoms in total. The van der Waals surface area contributed by atoms with Gasteiger partial charge in [-0.15, -0.1) is 11.3 Å². The average Bonchev–Trinajstić information content (AvgIpc) is 2.88. The summed E-state index contributed by atoms with van der Waals surface area (Å²) in [5, 5.41) is 9.42. The van der Waals surface area contributed by atoms with Gasteiger partial charge < -0.3 is 5.11 Å². The molecule has 0 bridgehead atoms. The SMILES string of the molecule is Cc1ccc(-c2ccc(-c3c(O)c(=O)c3=O)s2)nc1. The molecule has 5 heteroatoms. The van der Waals surface area contributed by atoms with E-state index < -0.39 is 16.6 Å². The lowest BCUT2D eigenvalue weighted by Gasteiger charge is -2.01. The highest BCUT2D eigenvalue weighted by atomic mass is 32.1. The van der Waals surface area contributed by atoms with Crippen LogP contribution in [0.1, 0.15) is 5.56 Å². The number of rotatable bonds is 2. The monoisotopic (exact) mass is 271 g/mol. The van der Waals surface area contributed by atoms with E-state index >= 15 is 0 Å². The number of pyridine rings is 1. The van der Waals surface area contributed by atoms with Crippen molar-refractivity contribution in [3.63, 3.8) is 0 Å². The molecule has 94 valence electrons. The van der Waals surface area contributed by atoms with Crippen LogP contribution in [0.4, 0.5) is 0 Å². The lowest BCUT2D eigenvalue weighted by atomic mass is 10.1. The van der Waals surface area contributed by atoms with Crippen molar-refractivity contribution >= 4 is 11.3 Å². The molecule has 0 atom stereocenters. The minimum atomic E-state index is -0.807. The first-order valence-corrected chi connectivity index (χ1v) is 6.45. The molecule has 1 N–H and O–H groups in total. The van der Waals surface area contributed by atoms with Crippen molar-refractivity contribution in [2.24, 2.45) is 0 Å². The van der Waals surface area contributed by atoms with Crippen molar-refractivity contribution in [3.05, 3.63) is 56.5 Å². The Morgan fingerprint density at radius 3 is 2.42 bits per heavy atom. The van der Waals surface area contributed by atoms with E-state index in [4.69, 9.17) is 0 Å². The smallest absolute Gasteiger partial charge is 0.268 e. The highest BCUT2D eigenvalue weighted by Crippen LogP contribution is 2.35. The van der Waals surface area contributed by atoms with Crippen LogP contribution in [0.15, 0.2) is 40.1 Å². The van der Waals surface area contributed by atoms with E-state index in [0.717, 1.165) is 16.1 Å². The van der Waals surface area contributed by atoms with Gasteiger partial charge in [-0.1, -0.05) is 6.07 Å². The average molecular weight is 271 g/mol. The molecule has 0 amide bonds. The van der Waals surface area contributed by atoms with Crippen LogP contribution < -0.4 is 10.9 Å². The minimum absolute atomic E-state index is 0.119. The number of hydrogen-bond donors (Lipinski definition) is 1. The first-order valence-electron chi connectivity index (χ1n) is 5.63. The number of aryl methyl sites for hydroxylation is 1. The quantitative estimate of drug-likeness (QED) is 0.725. The fourth-order valence-electron chi connectivity index (χ4n) is 1.83. The molecule has 3 aromatic rings. The number of aromatic nitrogens is 1. The third-order valence-corrected chi connectivity index (χ3v) is 4.03. The molecule has 0 unspecified atom stereocenters. The van der Waals surface area contributed by atoms with Crippen molar-refractivity contribution in [1.82, 2.24) is 4.98 Å². The second kappa shape index (κ2) is 4.13. The minimum Gasteiger partial charge on any atom is -0.503 e. The van der Waals surface area contributed by atoms with Crippen LogP contribution in [-0.2, 0) is 0 Å². The maximum atomic E-state index is 11.4. The predicted octanol–water partition coefficient (Wildman–Crippen LogP) is 2.09. The molecule has 0 saturated heterocycles. The molecule has 0 fully saturated rings. The summed E-state index contributed by atoms with van der Waals surface area (Å²) in [7, 11) is 0. The third-order valence-electron chi connectivity index (χ3n) is 2.90. The Morgan fingerprint density at radius 1 is 1.05 bits per heavy atom. The summed E-state index contributed by atoms with van der Waals surface area (Å²) in [6.45, 7) is 1.96. The standard InChI is InChI=1S/C14H9NO3S/c1-7-2-3-8(15-6-7)9-4-5-10(19-9)11-12(16)14(18)13(11)17/h2-6,16H,1H3. The van der Waals surface area contributed by atoms with Gasteiger partial charge in [0.25, 0.3) is 5.43 Å². The Morgan fingerprint density at radius 2 is 1.79 bits per heavy atom. The van der Waals surface area contributed by atoms with Gasteiger partial charge in [0.05, 0.1) is 16.1 Å². The largest absolute Gasteiger partial charge is 0.503 e. The molecule has 2 aromatic heterocycles. The summed E-state index contributed by atoms with van der Waals surface area (Å²) in [5.41, 5.74) is 0.565. The van der Waals surface area contributed by atoms with E-state index in [-0.39, 0.29) is 5.56 Å². The fraction of sp³-hybridized carbons (Fsp3) is 0.0714. The Balaban J connectivity index is 2.03. The van der Waals surface area contributed by atoms with Gasteiger partial charge in [0.1, 0.15) is 0 Å². The van der Waals surface area contributed by atoms with Crippen LogP contribution in [-0.4, -0.2) is 10.1 Å². The summed E-state index contributed by atoms with van der Waals surface area (Å²) in [6.07, 6.45) is 1.77. The fourth-order valence-corrected chi connectivity index (χ4v) is 2.86. The van der Waals surface area contributed by atoms with Crippen molar-refractivity contribution in [3.8, 4) is 26.8 Å². The number of thiophene rings is 1. The van der Waals surface area contributed by atoms with Crippen LogP contribution in [0.3, 0.4) is 0 Å². The van der Waals surface area contributed by atoms with Crippen molar-refractivity contribution in [1.29, 1.82) is 0 Å². The summed E-state index contributed by atoms with van der Waals surface area (Å²) in [6, 6.07) is 7.40. The molecular formula is C14H9NO3S. The van der Waals surface area contributed by atoms with Crippen molar-refractivity contribution in [2.45, 2.75) is 6.92 Å². The summed E-state index contributed by atoms with van der Waals surface area (Å²) < 4.78 is 0. The van der Waals surface area contributed by atoms with Gasteiger partial charge in [0.2, 0.25) is 5.43 Å². The lowest BCUT2D eigenvalue weighted by molar-refractivity contribution is 0.466. The van der Waals surface area contributed by atoms with Crippen LogP contribution in [0.5, 0.6) is 5.75 Å². The normalized spacial score (nSPS) is 11.0. The van der Waals surface area contributed by atoms with Crippen LogP contribution in [0.2, 0.25) is 0 Å². The van der Waals surface area contributed by atoms with Gasteiger partial charge in [-0.3, -0.25) is 14.6 Å². The topological polar surface area (TPSA) is 67.3 Å². The van der Waals surface area contributed by atoms with Gasteiger partial charge in [0, 0.05) is 11.1 Å². The zero-order valence-electron chi connectivity index (χ0n) is 10.0. The Bertz CT molecular complexity index is 823. The van der Waals surface area contributed by atoms with Gasteiger partial charge in [-0.2, -0.15) is 0 Å². The van der Waals surface area contributed by atoms with Crippen molar-refractivity contribution in [2.75, 3.05) is 0 Å². The van der Waals surface area contributed by atoms with E-state index in [2.05, 4.69) is 4.98 Å². The second-order valence-electron chi connectivity index (χ2n) is 4.27. The number of hydrogen-bond acceptors (Lipinski definition) is 5. The molecule has 0 spiro atoms. The van der Waals surface area contributed by atoms with E-state index in [0.29, 0.717) is 4.88 Å². The summed E-state index contributed by atoms with van der Waals surface area (Å²) in [4.78, 5) is 28.2. The second-order valence-corrected chi connectivity index (χ2v) is 5.35. The zero-order chi connectivity index (χ0) is 13.6. The maximum absolute atomic E-state index is 11.4. The van der Waals surface area contributed by atoms with Crippen LogP contribution in [0, 0.1) is 6.92 Å². The summed E-state index contributed by atoms with van der Waals surface area (Å²) >= 11 is 1.33. The van der Waals surface area contributed by atoms with Crippen LogP contribution >= 0.6 is 11.3 Å². The molecule has 19 heavy (non-hydrogen) atoms. The first-order chi connectivity index (χ1) is 9.08. The Labute approximate surface area is 112 Å². The highest BCUT2D eigenvalue weighted by Gasteiger charge is 2.23. The molecule has 0 radical (unpaired) electrons. The molecular weight excluding hydrogens is 262 g/mol. The van der Waals surface area contributed by atoms with Gasteiger partial charge >= 0.3 is 0 Å². The van der Waals surface area contributed by atoms with E-state index in [1.165, 1.54) is 11.3 Å². The van der Waals surface area contributed by atoms with Crippen LogP contribution in [0.25, 0.3) is 21.0 Å². The van der Waals surface area contributed by atoms with E-state index in [9.17, 15) is 14.7 Å². The van der Waals surface area contributed by atoms with Gasteiger partial charge in [-0.05, 0) is 30.7 Å². The third kappa shape index (κ3) is 1.79. The molecule has 1 aromatic carbocycles. The number of nitrogens with zero attached hydrogens (tertiary/aromatic N) is 1. The Kier molecular flexibility index (Phi) is 2.57. The molecule has 3 rings (SSSR count). The predicted molar refractivity (Wildman–Crippen MR) is 74.3 cm³/mol. The number of aromatic hydroxyl groups is 1. The molecule has 2 heterocycles. The molecule has 0 saturated carbocycles.